The summed E-state index contributed by atoms with van der Waals surface area (Å²) in [6.45, 7) is 7.77. The van der Waals surface area contributed by atoms with Crippen molar-refractivity contribution in [1.29, 1.82) is 5.26 Å². The second-order valence-corrected chi connectivity index (χ2v) is 13.5. The van der Waals surface area contributed by atoms with E-state index < -0.39 is 20.0 Å². The summed E-state index contributed by atoms with van der Waals surface area (Å²) in [7, 11) is -7.79. The smallest absolute Gasteiger partial charge is 0.294 e. The summed E-state index contributed by atoms with van der Waals surface area (Å²) in [5.41, 5.74) is 2.50. The average Bonchev–Trinajstić information content (AvgIpc) is 3.03. The predicted octanol–water partition coefficient (Wildman–Crippen LogP) is 7.67. The first-order valence-corrected chi connectivity index (χ1v) is 17.3. The molecule has 0 spiro atoms. The van der Waals surface area contributed by atoms with E-state index in [9.17, 15) is 26.7 Å². The number of nitrogens with zero attached hydrogens (tertiary/aromatic N) is 6. The van der Waals surface area contributed by atoms with Gasteiger partial charge < -0.3 is 10.6 Å². The Morgan fingerprint density at radius 3 is 2.07 bits per heavy atom. The van der Waals surface area contributed by atoms with Crippen molar-refractivity contribution < 1.29 is 21.4 Å². The molecule has 0 aliphatic heterocycles. The number of anilines is 2. The first-order valence-electron chi connectivity index (χ1n) is 14.2. The number of azo groups is 2. The van der Waals surface area contributed by atoms with Crippen molar-refractivity contribution in [3.05, 3.63) is 83.8 Å². The van der Waals surface area contributed by atoms with Crippen LogP contribution in [0.2, 0.25) is 0 Å². The lowest BCUT2D eigenvalue weighted by atomic mass is 10.1. The highest BCUT2D eigenvalue weighted by Gasteiger charge is 2.18. The zero-order valence-corrected chi connectivity index (χ0v) is 26.8. The lowest BCUT2D eigenvalue weighted by Gasteiger charge is -2.15. The maximum Gasteiger partial charge on any atom is 0.294 e. The van der Waals surface area contributed by atoms with Crippen molar-refractivity contribution in [2.45, 2.75) is 31.6 Å². The number of hydrogen-bond donors (Lipinski definition) is 3. The standard InChI is InChI=1S/C31H32N8O5S2/c1-4-6-17-33-30-26(20-32)21(3)29(31(35-30)34-18-19-45(40,41)5-2)39-38-28-16-15-27(24-9-7-8-10-25(24)28)37-36-22-11-13-23(14-12-22)46(42,43)44/h5,7-16H,2,4,6,17-19H2,1,3H3,(H2,33,34,35)(H,42,43,44). The number of aromatic nitrogens is 1. The van der Waals surface area contributed by atoms with Crippen LogP contribution >= 0.6 is 0 Å². The van der Waals surface area contributed by atoms with Gasteiger partial charge in [0, 0.05) is 34.8 Å². The average molecular weight is 661 g/mol. The summed E-state index contributed by atoms with van der Waals surface area (Å²) in [4.78, 5) is 4.34. The Hall–Kier alpha value is -5.04. The third-order valence-corrected chi connectivity index (χ3v) is 8.97. The molecule has 4 aromatic rings. The van der Waals surface area contributed by atoms with Crippen LogP contribution in [0.25, 0.3) is 10.8 Å². The van der Waals surface area contributed by atoms with Gasteiger partial charge in [-0.05, 0) is 49.7 Å². The van der Waals surface area contributed by atoms with Gasteiger partial charge in [0.1, 0.15) is 17.6 Å². The summed E-state index contributed by atoms with van der Waals surface area (Å²) < 4.78 is 55.8. The molecular formula is C31H32N8O5S2. The largest absolute Gasteiger partial charge is 0.369 e. The molecule has 3 N–H and O–H groups in total. The molecule has 1 aromatic heterocycles. The van der Waals surface area contributed by atoms with Crippen molar-refractivity contribution in [3.8, 4) is 6.07 Å². The van der Waals surface area contributed by atoms with Crippen LogP contribution in [-0.4, -0.2) is 45.2 Å². The minimum absolute atomic E-state index is 0.0325. The van der Waals surface area contributed by atoms with E-state index in [0.29, 0.717) is 51.3 Å². The van der Waals surface area contributed by atoms with Gasteiger partial charge in [0.2, 0.25) is 0 Å². The fourth-order valence-corrected chi connectivity index (χ4v) is 5.36. The third kappa shape index (κ3) is 8.36. The quantitative estimate of drug-likeness (QED) is 0.0689. The summed E-state index contributed by atoms with van der Waals surface area (Å²) in [5.74, 6) is 0.431. The Bertz CT molecular complexity index is 2070. The lowest BCUT2D eigenvalue weighted by molar-refractivity contribution is 0.483. The molecule has 0 unspecified atom stereocenters. The molecule has 0 amide bonds. The third-order valence-electron chi connectivity index (χ3n) is 6.83. The minimum atomic E-state index is -4.32. The second-order valence-electron chi connectivity index (χ2n) is 10.0. The van der Waals surface area contributed by atoms with Crippen molar-refractivity contribution in [2.24, 2.45) is 20.5 Å². The summed E-state index contributed by atoms with van der Waals surface area (Å²) in [6.07, 6.45) is 1.82. The van der Waals surface area contributed by atoms with Gasteiger partial charge in [0.05, 0.1) is 33.3 Å². The van der Waals surface area contributed by atoms with E-state index in [4.69, 9.17) is 0 Å². The predicted molar refractivity (Wildman–Crippen MR) is 178 cm³/mol. The first kappa shape index (κ1) is 33.8. The van der Waals surface area contributed by atoms with E-state index in [1.54, 1.807) is 19.1 Å². The summed E-state index contributed by atoms with van der Waals surface area (Å²) >= 11 is 0. The molecule has 0 aliphatic rings. The van der Waals surface area contributed by atoms with Crippen molar-refractivity contribution >= 4 is 65.1 Å². The molecule has 0 fully saturated rings. The number of sulfone groups is 1. The summed E-state index contributed by atoms with van der Waals surface area (Å²) in [6, 6.07) is 18.3. The Labute approximate surface area is 267 Å². The van der Waals surface area contributed by atoms with Gasteiger partial charge in [0.15, 0.2) is 15.7 Å². The van der Waals surface area contributed by atoms with E-state index in [1.807, 2.05) is 24.3 Å². The highest BCUT2D eigenvalue weighted by Crippen LogP contribution is 2.38. The normalized spacial score (nSPS) is 12.0. The van der Waals surface area contributed by atoms with Crippen LogP contribution in [0.3, 0.4) is 0 Å². The number of pyridine rings is 1. The van der Waals surface area contributed by atoms with Crippen molar-refractivity contribution in [1.82, 2.24) is 4.98 Å². The molecule has 0 saturated carbocycles. The number of unbranched alkanes of at least 4 members (excludes halogenated alkanes) is 1. The Morgan fingerprint density at radius 1 is 0.891 bits per heavy atom. The van der Waals surface area contributed by atoms with Crippen LogP contribution in [-0.2, 0) is 20.0 Å². The van der Waals surface area contributed by atoms with E-state index in [0.717, 1.165) is 18.2 Å². The van der Waals surface area contributed by atoms with Crippen LogP contribution in [0.5, 0.6) is 0 Å². The SMILES string of the molecule is C=CS(=O)(=O)CCNc1nc(NCCCC)c(C#N)c(C)c1N=Nc1ccc(N=Nc2ccc(S(=O)(=O)O)cc2)c2ccccc12. The molecule has 4 rings (SSSR count). The van der Waals surface area contributed by atoms with Gasteiger partial charge in [-0.2, -0.15) is 18.8 Å². The van der Waals surface area contributed by atoms with Crippen LogP contribution in [0, 0.1) is 18.3 Å². The topological polar surface area (TPSA) is 199 Å². The highest BCUT2D eigenvalue weighted by molar-refractivity contribution is 7.94. The molecule has 238 valence electrons. The fourth-order valence-electron chi connectivity index (χ4n) is 4.33. The monoisotopic (exact) mass is 660 g/mol. The van der Waals surface area contributed by atoms with Gasteiger partial charge in [-0.3, -0.25) is 4.55 Å². The van der Waals surface area contributed by atoms with Gasteiger partial charge in [-0.1, -0.05) is 44.2 Å². The van der Waals surface area contributed by atoms with E-state index in [2.05, 4.69) is 55.6 Å². The molecule has 0 bridgehead atoms. The zero-order valence-electron chi connectivity index (χ0n) is 25.2. The number of benzene rings is 3. The molecule has 13 nitrogen and oxygen atoms in total. The number of rotatable bonds is 14. The number of nitrogens with one attached hydrogen (secondary N) is 2. The zero-order chi connectivity index (χ0) is 33.3. The molecule has 0 radical (unpaired) electrons. The van der Waals surface area contributed by atoms with Gasteiger partial charge in [0.25, 0.3) is 10.1 Å². The second kappa shape index (κ2) is 14.8. The molecule has 0 aliphatic carbocycles. The van der Waals surface area contributed by atoms with Crippen LogP contribution in [0.15, 0.2) is 98.0 Å². The van der Waals surface area contributed by atoms with Crippen LogP contribution in [0.4, 0.5) is 34.4 Å². The number of fused-ring (bicyclic) bond motifs is 1. The Balaban J connectivity index is 1.71. The van der Waals surface area contributed by atoms with E-state index >= 15 is 0 Å². The molecular weight excluding hydrogens is 629 g/mol. The molecule has 46 heavy (non-hydrogen) atoms. The highest BCUT2D eigenvalue weighted by atomic mass is 32.2. The maximum absolute atomic E-state index is 12.0. The number of hydrogen-bond acceptors (Lipinski definition) is 12. The molecule has 0 saturated heterocycles. The molecule has 1 heterocycles. The summed E-state index contributed by atoms with van der Waals surface area (Å²) in [5, 5.41) is 36.0. The molecule has 0 atom stereocenters. The molecule has 3 aromatic carbocycles. The lowest BCUT2D eigenvalue weighted by Crippen LogP contribution is -2.15. The van der Waals surface area contributed by atoms with Gasteiger partial charge in [-0.15, -0.1) is 15.3 Å². The van der Waals surface area contributed by atoms with Crippen molar-refractivity contribution in [2.75, 3.05) is 29.5 Å². The maximum atomic E-state index is 12.0. The number of nitriles is 1. The van der Waals surface area contributed by atoms with Crippen LogP contribution in [0.1, 0.15) is 30.9 Å². The van der Waals surface area contributed by atoms with Crippen LogP contribution < -0.4 is 10.6 Å². The van der Waals surface area contributed by atoms with Gasteiger partial charge >= 0.3 is 0 Å². The van der Waals surface area contributed by atoms with Crippen molar-refractivity contribution in [3.63, 3.8) is 0 Å². The molecule has 15 heteroatoms. The first-order chi connectivity index (χ1) is 22.0. The minimum Gasteiger partial charge on any atom is -0.369 e. The van der Waals surface area contributed by atoms with Gasteiger partial charge in [-0.25, -0.2) is 13.4 Å². The fraction of sp³-hybridized carbons (Fsp3) is 0.226. The Kier molecular flexibility index (Phi) is 10.9. The van der Waals surface area contributed by atoms with E-state index in [-0.39, 0.29) is 28.7 Å². The van der Waals surface area contributed by atoms with E-state index in [1.165, 1.54) is 24.3 Å². The Morgan fingerprint density at radius 2 is 1.50 bits per heavy atom.